The lowest BCUT2D eigenvalue weighted by molar-refractivity contribution is 1.01. The number of nitriles is 1. The molecule has 1 aromatic carbocycles. The molecule has 0 fully saturated rings. The average molecular weight is 378 g/mol. The van der Waals surface area contributed by atoms with Crippen molar-refractivity contribution in [2.45, 2.75) is 24.2 Å². The Kier molecular flexibility index (Phi) is 5.30. The molecule has 0 saturated heterocycles. The zero-order chi connectivity index (χ0) is 14.4. The molecule has 4 nitrogen and oxygen atoms in total. The molecule has 0 aliphatic carbocycles. The van der Waals surface area contributed by atoms with Crippen LogP contribution in [-0.4, -0.2) is 9.97 Å². The first-order valence-electron chi connectivity index (χ1n) is 6.34. The van der Waals surface area contributed by atoms with Crippen molar-refractivity contribution in [2.24, 2.45) is 0 Å². The monoisotopic (exact) mass is 378 g/mol. The van der Waals surface area contributed by atoms with E-state index in [1.807, 2.05) is 37.4 Å². The number of halogens is 1. The molecule has 0 aliphatic rings. The molecule has 2 rings (SSSR count). The van der Waals surface area contributed by atoms with Crippen LogP contribution in [0.2, 0.25) is 0 Å². The van der Waals surface area contributed by atoms with E-state index in [0.717, 1.165) is 33.7 Å². The summed E-state index contributed by atoms with van der Waals surface area (Å²) in [7, 11) is 0. The summed E-state index contributed by atoms with van der Waals surface area (Å²) in [6.45, 7) is 1.99. The number of benzene rings is 1. The summed E-state index contributed by atoms with van der Waals surface area (Å²) < 4.78 is 0.791. The van der Waals surface area contributed by atoms with E-state index in [2.05, 4.69) is 43.9 Å². The molecule has 5 heteroatoms. The predicted octanol–water partition coefficient (Wildman–Crippen LogP) is 3.92. The van der Waals surface area contributed by atoms with Gasteiger partial charge in [-0.3, -0.25) is 0 Å². The molecule has 102 valence electrons. The number of aryl methyl sites for hydroxylation is 2. The predicted molar refractivity (Wildman–Crippen MR) is 88.2 cm³/mol. The third-order valence-electron chi connectivity index (χ3n) is 2.88. The number of anilines is 2. The molecule has 0 spiro atoms. The molecular weight excluding hydrogens is 363 g/mol. The van der Waals surface area contributed by atoms with Crippen molar-refractivity contribution in [2.75, 3.05) is 5.32 Å². The van der Waals surface area contributed by atoms with E-state index in [-0.39, 0.29) is 0 Å². The van der Waals surface area contributed by atoms with E-state index in [9.17, 15) is 0 Å². The van der Waals surface area contributed by atoms with Crippen molar-refractivity contribution in [1.82, 2.24) is 9.97 Å². The average Bonchev–Trinajstić information content (AvgIpc) is 2.49. The number of aromatic nitrogens is 2. The molecule has 0 unspecified atom stereocenters. The van der Waals surface area contributed by atoms with E-state index in [1.54, 1.807) is 0 Å². The van der Waals surface area contributed by atoms with Crippen LogP contribution >= 0.6 is 22.6 Å². The Bertz CT molecular complexity index is 617. The summed E-state index contributed by atoms with van der Waals surface area (Å²) in [5.41, 5.74) is 3.18. The number of alkyl halides is 1. The highest BCUT2D eigenvalue weighted by atomic mass is 127. The molecule has 2 aromatic rings. The number of nitrogens with zero attached hydrogens (tertiary/aromatic N) is 3. The second kappa shape index (κ2) is 7.20. The fourth-order valence-corrected chi connectivity index (χ4v) is 2.13. The van der Waals surface area contributed by atoms with Crippen LogP contribution in [0.5, 0.6) is 0 Å². The lowest BCUT2D eigenvalue weighted by atomic mass is 10.1. The largest absolute Gasteiger partial charge is 0.340 e. The molecule has 0 aliphatic heterocycles. The highest BCUT2D eigenvalue weighted by molar-refractivity contribution is 14.1. The van der Waals surface area contributed by atoms with Gasteiger partial charge in [0, 0.05) is 23.9 Å². The standard InChI is InChI=1S/C15H15IN4/c1-11-10-18-14(9-16)20-15(11)19-13-6-4-12(5-7-13)3-2-8-17/h4-7,10H,2-3,9H2,1H3,(H,18,19,20). The maximum absolute atomic E-state index is 8.58. The molecule has 1 aromatic heterocycles. The van der Waals surface area contributed by atoms with Gasteiger partial charge in [0.25, 0.3) is 0 Å². The van der Waals surface area contributed by atoms with Gasteiger partial charge >= 0.3 is 0 Å². The molecule has 0 saturated carbocycles. The molecule has 1 heterocycles. The first-order valence-corrected chi connectivity index (χ1v) is 7.87. The van der Waals surface area contributed by atoms with E-state index in [4.69, 9.17) is 5.26 Å². The highest BCUT2D eigenvalue weighted by Crippen LogP contribution is 2.19. The second-order valence-electron chi connectivity index (χ2n) is 4.43. The van der Waals surface area contributed by atoms with Gasteiger partial charge < -0.3 is 5.32 Å². The Morgan fingerprint density at radius 1 is 1.30 bits per heavy atom. The van der Waals surface area contributed by atoms with Crippen LogP contribution in [0.3, 0.4) is 0 Å². The van der Waals surface area contributed by atoms with Crippen molar-refractivity contribution >= 4 is 34.1 Å². The van der Waals surface area contributed by atoms with Crippen molar-refractivity contribution in [3.8, 4) is 6.07 Å². The van der Waals surface area contributed by atoms with Crippen LogP contribution < -0.4 is 5.32 Å². The zero-order valence-electron chi connectivity index (χ0n) is 11.2. The summed E-state index contributed by atoms with van der Waals surface area (Å²) in [5, 5.41) is 11.9. The number of hydrogen-bond donors (Lipinski definition) is 1. The summed E-state index contributed by atoms with van der Waals surface area (Å²) in [6, 6.07) is 10.3. The van der Waals surface area contributed by atoms with Gasteiger partial charge in [0.2, 0.25) is 0 Å². The van der Waals surface area contributed by atoms with E-state index < -0.39 is 0 Å². The SMILES string of the molecule is Cc1cnc(CI)nc1Nc1ccc(CCC#N)cc1. The fraction of sp³-hybridized carbons (Fsp3) is 0.267. The van der Waals surface area contributed by atoms with Gasteiger partial charge in [0.05, 0.1) is 10.5 Å². The van der Waals surface area contributed by atoms with E-state index >= 15 is 0 Å². The van der Waals surface area contributed by atoms with E-state index in [0.29, 0.717) is 6.42 Å². The quantitative estimate of drug-likeness (QED) is 0.633. The summed E-state index contributed by atoms with van der Waals surface area (Å²) in [4.78, 5) is 8.74. The minimum absolute atomic E-state index is 0.552. The van der Waals surface area contributed by atoms with Gasteiger partial charge in [-0.05, 0) is 31.0 Å². The minimum Gasteiger partial charge on any atom is -0.340 e. The summed E-state index contributed by atoms with van der Waals surface area (Å²) in [5.74, 6) is 1.67. The Morgan fingerprint density at radius 2 is 2.05 bits per heavy atom. The topological polar surface area (TPSA) is 61.6 Å². The normalized spacial score (nSPS) is 10.1. The molecule has 0 amide bonds. The van der Waals surface area contributed by atoms with Gasteiger partial charge in [0.1, 0.15) is 11.6 Å². The van der Waals surface area contributed by atoms with Gasteiger partial charge in [-0.25, -0.2) is 9.97 Å². The van der Waals surface area contributed by atoms with Gasteiger partial charge in [-0.2, -0.15) is 5.26 Å². The van der Waals surface area contributed by atoms with Crippen molar-refractivity contribution in [1.29, 1.82) is 5.26 Å². The fourth-order valence-electron chi connectivity index (χ4n) is 1.76. The van der Waals surface area contributed by atoms with Gasteiger partial charge in [-0.1, -0.05) is 34.7 Å². The van der Waals surface area contributed by atoms with Crippen LogP contribution in [0.15, 0.2) is 30.5 Å². The van der Waals surface area contributed by atoms with Crippen LogP contribution in [0, 0.1) is 18.3 Å². The molecular formula is C15H15IN4. The smallest absolute Gasteiger partial charge is 0.140 e. The number of hydrogen-bond acceptors (Lipinski definition) is 4. The summed E-state index contributed by atoms with van der Waals surface area (Å²) >= 11 is 2.25. The Balaban J connectivity index is 2.12. The Hall–Kier alpha value is -1.68. The maximum atomic E-state index is 8.58. The van der Waals surface area contributed by atoms with Crippen LogP contribution in [0.1, 0.15) is 23.4 Å². The van der Waals surface area contributed by atoms with Crippen molar-refractivity contribution < 1.29 is 0 Å². The number of nitrogens with one attached hydrogen (secondary N) is 1. The third-order valence-corrected chi connectivity index (χ3v) is 3.57. The molecule has 20 heavy (non-hydrogen) atoms. The molecule has 0 radical (unpaired) electrons. The van der Waals surface area contributed by atoms with Crippen molar-refractivity contribution in [3.05, 3.63) is 47.4 Å². The molecule has 0 atom stereocenters. The summed E-state index contributed by atoms with van der Waals surface area (Å²) in [6.07, 6.45) is 3.18. The van der Waals surface area contributed by atoms with Gasteiger partial charge in [0.15, 0.2) is 0 Å². The number of rotatable bonds is 5. The zero-order valence-corrected chi connectivity index (χ0v) is 13.4. The minimum atomic E-state index is 0.552. The highest BCUT2D eigenvalue weighted by Gasteiger charge is 2.03. The lowest BCUT2D eigenvalue weighted by Gasteiger charge is -2.09. The third kappa shape index (κ3) is 3.90. The van der Waals surface area contributed by atoms with E-state index in [1.165, 1.54) is 5.56 Å². The van der Waals surface area contributed by atoms with Crippen LogP contribution in [0.4, 0.5) is 11.5 Å². The second-order valence-corrected chi connectivity index (χ2v) is 5.19. The van der Waals surface area contributed by atoms with Crippen molar-refractivity contribution in [3.63, 3.8) is 0 Å². The lowest BCUT2D eigenvalue weighted by Crippen LogP contribution is -2.01. The molecule has 0 bridgehead atoms. The first kappa shape index (κ1) is 14.7. The van der Waals surface area contributed by atoms with Crippen LogP contribution in [0.25, 0.3) is 0 Å². The first-order chi connectivity index (χ1) is 9.72. The molecule has 1 N–H and O–H groups in total. The Labute approximate surface area is 132 Å². The maximum Gasteiger partial charge on any atom is 0.140 e. The van der Waals surface area contributed by atoms with Gasteiger partial charge in [-0.15, -0.1) is 0 Å². The Morgan fingerprint density at radius 3 is 2.70 bits per heavy atom. The van der Waals surface area contributed by atoms with Crippen LogP contribution in [-0.2, 0) is 10.8 Å².